The van der Waals surface area contributed by atoms with Crippen molar-refractivity contribution < 1.29 is 4.79 Å². The minimum absolute atomic E-state index is 0.0769. The molecule has 1 aromatic rings. The lowest BCUT2D eigenvalue weighted by Crippen LogP contribution is -2.35. The normalized spacial score (nSPS) is 14.9. The van der Waals surface area contributed by atoms with E-state index in [0.717, 1.165) is 12.8 Å². The van der Waals surface area contributed by atoms with Crippen LogP contribution in [0.4, 0.5) is 0 Å². The van der Waals surface area contributed by atoms with Gasteiger partial charge in [0.25, 0.3) is 0 Å². The predicted octanol–water partition coefficient (Wildman–Crippen LogP) is 2.09. The first kappa shape index (κ1) is 11.9. The Labute approximate surface area is 91.9 Å². The van der Waals surface area contributed by atoms with Gasteiger partial charge in [0, 0.05) is 18.4 Å². The fraction of sp³-hybridized carbons (Fsp3) is 0.462. The fourth-order valence-electron chi connectivity index (χ4n) is 2.00. The highest BCUT2D eigenvalue weighted by Crippen LogP contribution is 2.27. The summed E-state index contributed by atoms with van der Waals surface area (Å²) < 4.78 is 0. The molecular formula is C13H19NO. The average Bonchev–Trinajstić information content (AvgIpc) is 2.18. The molecule has 0 bridgehead atoms. The maximum atomic E-state index is 10.8. The summed E-state index contributed by atoms with van der Waals surface area (Å²) in [5, 5.41) is 0. The summed E-state index contributed by atoms with van der Waals surface area (Å²) in [6, 6.07) is 10.2. The number of hydrogen-bond acceptors (Lipinski definition) is 2. The zero-order chi connectivity index (χ0) is 11.3. The van der Waals surface area contributed by atoms with Crippen molar-refractivity contribution in [2.75, 3.05) is 20.6 Å². The highest BCUT2D eigenvalue weighted by atomic mass is 16.1. The Kier molecular flexibility index (Phi) is 4.04. The molecule has 0 aliphatic carbocycles. The van der Waals surface area contributed by atoms with Crippen molar-refractivity contribution in [1.82, 2.24) is 4.90 Å². The predicted molar refractivity (Wildman–Crippen MR) is 63.0 cm³/mol. The van der Waals surface area contributed by atoms with Crippen LogP contribution in [0.15, 0.2) is 30.3 Å². The SMILES string of the molecule is CN(C)CC(C)(CC=O)c1ccccc1. The van der Waals surface area contributed by atoms with Crippen molar-refractivity contribution in [3.63, 3.8) is 0 Å². The van der Waals surface area contributed by atoms with Crippen molar-refractivity contribution in [1.29, 1.82) is 0 Å². The molecule has 0 radical (unpaired) electrons. The molecule has 1 unspecified atom stereocenters. The molecule has 0 N–H and O–H groups in total. The van der Waals surface area contributed by atoms with Gasteiger partial charge in [-0.05, 0) is 19.7 Å². The van der Waals surface area contributed by atoms with E-state index in [9.17, 15) is 4.79 Å². The van der Waals surface area contributed by atoms with Crippen molar-refractivity contribution in [2.24, 2.45) is 0 Å². The second-order valence-corrected chi connectivity index (χ2v) is 4.54. The van der Waals surface area contributed by atoms with Gasteiger partial charge in [-0.3, -0.25) is 0 Å². The van der Waals surface area contributed by atoms with Gasteiger partial charge in [0.1, 0.15) is 6.29 Å². The maximum absolute atomic E-state index is 10.8. The van der Waals surface area contributed by atoms with E-state index in [-0.39, 0.29) is 5.41 Å². The summed E-state index contributed by atoms with van der Waals surface area (Å²) in [7, 11) is 4.07. The summed E-state index contributed by atoms with van der Waals surface area (Å²) >= 11 is 0. The van der Waals surface area contributed by atoms with Crippen LogP contribution in [-0.4, -0.2) is 31.8 Å². The number of likely N-dealkylation sites (N-methyl/N-ethyl adjacent to an activating group) is 1. The van der Waals surface area contributed by atoms with Crippen molar-refractivity contribution in [2.45, 2.75) is 18.8 Å². The van der Waals surface area contributed by atoms with E-state index in [0.29, 0.717) is 6.42 Å². The molecule has 15 heavy (non-hydrogen) atoms. The smallest absolute Gasteiger partial charge is 0.120 e. The van der Waals surface area contributed by atoms with Gasteiger partial charge in [-0.1, -0.05) is 37.3 Å². The third-order valence-corrected chi connectivity index (χ3v) is 2.67. The molecule has 0 heterocycles. The molecule has 0 amide bonds. The molecule has 1 atom stereocenters. The van der Waals surface area contributed by atoms with Crippen LogP contribution in [0.2, 0.25) is 0 Å². The van der Waals surface area contributed by atoms with Crippen molar-refractivity contribution >= 4 is 6.29 Å². The second-order valence-electron chi connectivity index (χ2n) is 4.54. The van der Waals surface area contributed by atoms with Gasteiger partial charge >= 0.3 is 0 Å². The average molecular weight is 205 g/mol. The molecule has 2 heteroatoms. The highest BCUT2D eigenvalue weighted by Gasteiger charge is 2.26. The van der Waals surface area contributed by atoms with Crippen LogP contribution in [0.1, 0.15) is 18.9 Å². The monoisotopic (exact) mass is 205 g/mol. The first-order chi connectivity index (χ1) is 7.08. The van der Waals surface area contributed by atoms with E-state index in [2.05, 4.69) is 24.0 Å². The highest BCUT2D eigenvalue weighted by molar-refractivity contribution is 5.53. The third kappa shape index (κ3) is 3.17. The fourth-order valence-corrected chi connectivity index (χ4v) is 2.00. The number of benzene rings is 1. The number of hydrogen-bond donors (Lipinski definition) is 0. The molecule has 0 aliphatic rings. The maximum Gasteiger partial charge on any atom is 0.120 e. The van der Waals surface area contributed by atoms with Crippen LogP contribution >= 0.6 is 0 Å². The Balaban J connectivity index is 2.95. The molecule has 0 saturated carbocycles. The van der Waals surface area contributed by atoms with Gasteiger partial charge in [0.2, 0.25) is 0 Å². The van der Waals surface area contributed by atoms with Crippen molar-refractivity contribution in [3.8, 4) is 0 Å². The Morgan fingerprint density at radius 3 is 2.33 bits per heavy atom. The first-order valence-corrected chi connectivity index (χ1v) is 5.22. The van der Waals surface area contributed by atoms with Gasteiger partial charge in [-0.2, -0.15) is 0 Å². The van der Waals surface area contributed by atoms with Crippen LogP contribution in [-0.2, 0) is 10.2 Å². The molecule has 0 saturated heterocycles. The molecular weight excluding hydrogens is 186 g/mol. The summed E-state index contributed by atoms with van der Waals surface area (Å²) in [6.45, 7) is 3.02. The number of rotatable bonds is 5. The van der Waals surface area contributed by atoms with E-state index >= 15 is 0 Å². The van der Waals surface area contributed by atoms with Gasteiger partial charge < -0.3 is 9.69 Å². The quantitative estimate of drug-likeness (QED) is 0.686. The van der Waals surface area contributed by atoms with Gasteiger partial charge in [-0.15, -0.1) is 0 Å². The van der Waals surface area contributed by atoms with Gasteiger partial charge in [0.15, 0.2) is 0 Å². The second kappa shape index (κ2) is 5.08. The number of aldehydes is 1. The van der Waals surface area contributed by atoms with Crippen molar-refractivity contribution in [3.05, 3.63) is 35.9 Å². The summed E-state index contributed by atoms with van der Waals surface area (Å²) in [6.07, 6.45) is 1.58. The standard InChI is InChI=1S/C13H19NO/c1-13(9-10-15,11-14(2)3)12-7-5-4-6-8-12/h4-8,10H,9,11H2,1-3H3. The molecule has 0 aromatic heterocycles. The van der Waals surface area contributed by atoms with E-state index < -0.39 is 0 Å². The Morgan fingerprint density at radius 2 is 1.87 bits per heavy atom. The van der Waals surface area contributed by atoms with Gasteiger partial charge in [0.05, 0.1) is 0 Å². The van der Waals surface area contributed by atoms with Crippen LogP contribution in [0.5, 0.6) is 0 Å². The van der Waals surface area contributed by atoms with E-state index in [4.69, 9.17) is 0 Å². The topological polar surface area (TPSA) is 20.3 Å². The molecule has 1 rings (SSSR count). The van der Waals surface area contributed by atoms with E-state index in [1.165, 1.54) is 5.56 Å². The lowest BCUT2D eigenvalue weighted by atomic mass is 9.79. The Morgan fingerprint density at radius 1 is 1.27 bits per heavy atom. The van der Waals surface area contributed by atoms with Crippen LogP contribution in [0.25, 0.3) is 0 Å². The molecule has 1 aromatic carbocycles. The van der Waals surface area contributed by atoms with Gasteiger partial charge in [-0.25, -0.2) is 0 Å². The molecule has 82 valence electrons. The summed E-state index contributed by atoms with van der Waals surface area (Å²) in [4.78, 5) is 12.9. The van der Waals surface area contributed by atoms with Crippen LogP contribution < -0.4 is 0 Å². The van der Waals surface area contributed by atoms with E-state index in [1.807, 2.05) is 32.3 Å². The Hall–Kier alpha value is -1.15. The first-order valence-electron chi connectivity index (χ1n) is 5.22. The third-order valence-electron chi connectivity index (χ3n) is 2.67. The molecule has 0 fully saturated rings. The molecule has 0 spiro atoms. The minimum Gasteiger partial charge on any atom is -0.309 e. The number of carbonyl (C=O) groups is 1. The molecule has 0 aliphatic heterocycles. The minimum atomic E-state index is -0.0769. The lowest BCUT2D eigenvalue weighted by Gasteiger charge is -2.31. The Bertz CT molecular complexity index is 308. The van der Waals surface area contributed by atoms with E-state index in [1.54, 1.807) is 0 Å². The number of carbonyl (C=O) groups excluding carboxylic acids is 1. The van der Waals surface area contributed by atoms with Crippen LogP contribution in [0, 0.1) is 0 Å². The summed E-state index contributed by atoms with van der Waals surface area (Å²) in [5.74, 6) is 0. The lowest BCUT2D eigenvalue weighted by molar-refractivity contribution is -0.108. The molecule has 2 nitrogen and oxygen atoms in total. The zero-order valence-corrected chi connectivity index (χ0v) is 9.73. The zero-order valence-electron chi connectivity index (χ0n) is 9.73. The number of nitrogens with zero attached hydrogens (tertiary/aromatic N) is 1. The summed E-state index contributed by atoms with van der Waals surface area (Å²) in [5.41, 5.74) is 1.15. The van der Waals surface area contributed by atoms with Crippen LogP contribution in [0.3, 0.4) is 0 Å². The largest absolute Gasteiger partial charge is 0.309 e.